The highest BCUT2D eigenvalue weighted by atomic mass is 16.5. The summed E-state index contributed by atoms with van der Waals surface area (Å²) in [6.45, 7) is 4.03. The summed E-state index contributed by atoms with van der Waals surface area (Å²) in [6.07, 6.45) is 8.12. The Morgan fingerprint density at radius 3 is 2.57 bits per heavy atom. The van der Waals surface area contributed by atoms with E-state index >= 15 is 0 Å². The van der Waals surface area contributed by atoms with Gasteiger partial charge in [-0.2, -0.15) is 0 Å². The molecule has 2 aromatic rings. The zero-order chi connectivity index (χ0) is 21.5. The number of unbranched alkanes of at least 4 members (excludes halogenated alkanes) is 1. The number of anilines is 1. The zero-order valence-corrected chi connectivity index (χ0v) is 17.8. The van der Waals surface area contributed by atoms with Crippen LogP contribution in [0.2, 0.25) is 0 Å². The fraction of sp³-hybridized carbons (Fsp3) is 0.458. The number of fused-ring (bicyclic) bond motifs is 1. The van der Waals surface area contributed by atoms with E-state index in [-0.39, 0.29) is 16.9 Å². The number of ether oxygens (including phenoxy) is 1. The number of amides is 1. The molecule has 1 aliphatic rings. The van der Waals surface area contributed by atoms with Crippen molar-refractivity contribution in [1.29, 1.82) is 0 Å². The van der Waals surface area contributed by atoms with Gasteiger partial charge < -0.3 is 14.6 Å². The topological polar surface area (TPSA) is 77.4 Å². The van der Waals surface area contributed by atoms with Crippen LogP contribution < -0.4 is 15.6 Å². The summed E-state index contributed by atoms with van der Waals surface area (Å²) < 4.78 is 6.99. The van der Waals surface area contributed by atoms with Crippen molar-refractivity contribution in [2.75, 3.05) is 5.32 Å². The maximum absolute atomic E-state index is 13.3. The highest BCUT2D eigenvalue weighted by Gasteiger charge is 2.21. The Hall–Kier alpha value is -2.89. The van der Waals surface area contributed by atoms with Gasteiger partial charge in [-0.3, -0.25) is 14.4 Å². The third-order valence-electron chi connectivity index (χ3n) is 5.47. The molecule has 1 amide bonds. The van der Waals surface area contributed by atoms with Gasteiger partial charge in [-0.25, -0.2) is 0 Å². The van der Waals surface area contributed by atoms with Crippen LogP contribution in [-0.4, -0.2) is 16.4 Å². The van der Waals surface area contributed by atoms with E-state index in [9.17, 15) is 14.4 Å². The fourth-order valence-electron chi connectivity index (χ4n) is 3.95. The predicted molar refractivity (Wildman–Crippen MR) is 117 cm³/mol. The normalized spacial score (nSPS) is 13.7. The Bertz CT molecular complexity index is 978. The molecule has 6 heteroatoms. The molecule has 0 bridgehead atoms. The van der Waals surface area contributed by atoms with Gasteiger partial charge in [0.15, 0.2) is 5.75 Å². The maximum Gasteiger partial charge on any atom is 0.308 e. The number of nitrogens with one attached hydrogen (secondary N) is 1. The number of hydrogen-bond donors (Lipinski definition) is 1. The van der Waals surface area contributed by atoms with Gasteiger partial charge in [-0.05, 0) is 55.9 Å². The highest BCUT2D eigenvalue weighted by Crippen LogP contribution is 2.25. The molecule has 0 radical (unpaired) electrons. The van der Waals surface area contributed by atoms with Crippen LogP contribution in [-0.2, 0) is 24.2 Å². The van der Waals surface area contributed by atoms with E-state index in [4.69, 9.17) is 4.74 Å². The number of carbonyl (C=O) groups excluding carboxylic acids is 2. The zero-order valence-electron chi connectivity index (χ0n) is 17.8. The summed E-state index contributed by atoms with van der Waals surface area (Å²) >= 11 is 0. The van der Waals surface area contributed by atoms with Crippen molar-refractivity contribution < 1.29 is 14.3 Å². The lowest BCUT2D eigenvalue weighted by atomic mass is 9.95. The predicted octanol–water partition coefficient (Wildman–Crippen LogP) is 4.49. The van der Waals surface area contributed by atoms with Crippen molar-refractivity contribution in [1.82, 2.24) is 4.57 Å². The van der Waals surface area contributed by atoms with E-state index in [2.05, 4.69) is 12.2 Å². The third kappa shape index (κ3) is 5.17. The number of para-hydroxylation sites is 2. The Kier molecular flexibility index (Phi) is 7.44. The minimum absolute atomic E-state index is 0.142. The molecule has 6 nitrogen and oxygen atoms in total. The number of rotatable bonds is 6. The summed E-state index contributed by atoms with van der Waals surface area (Å²) in [7, 11) is 0. The molecule has 1 aromatic carbocycles. The molecule has 1 heterocycles. The second kappa shape index (κ2) is 10.2. The van der Waals surface area contributed by atoms with Crippen LogP contribution in [0.15, 0.2) is 35.1 Å². The molecule has 160 valence electrons. The van der Waals surface area contributed by atoms with Crippen LogP contribution in [0.5, 0.6) is 5.75 Å². The van der Waals surface area contributed by atoms with Crippen molar-refractivity contribution in [2.24, 2.45) is 0 Å². The van der Waals surface area contributed by atoms with Crippen LogP contribution in [0.4, 0.5) is 5.69 Å². The second-order valence-corrected chi connectivity index (χ2v) is 7.80. The molecule has 30 heavy (non-hydrogen) atoms. The second-order valence-electron chi connectivity index (χ2n) is 7.80. The van der Waals surface area contributed by atoms with Crippen LogP contribution in [0.3, 0.4) is 0 Å². The van der Waals surface area contributed by atoms with Crippen molar-refractivity contribution in [3.05, 3.63) is 57.5 Å². The van der Waals surface area contributed by atoms with Crippen LogP contribution in [0.1, 0.15) is 74.0 Å². The number of benzene rings is 1. The molecule has 0 spiro atoms. The maximum atomic E-state index is 13.3. The number of aromatic nitrogens is 1. The number of esters is 1. The lowest BCUT2D eigenvalue weighted by Gasteiger charge is -2.21. The first kappa shape index (κ1) is 21.8. The molecule has 1 N–H and O–H groups in total. The molecular weight excluding hydrogens is 380 g/mol. The molecule has 1 aromatic heterocycles. The lowest BCUT2D eigenvalue weighted by molar-refractivity contribution is -0.131. The standard InChI is InChI=1S/C24H30N2O4/c1-3-4-15-26-21-13-8-6-5-7-11-18(21)16-19(24(26)29)23(28)25-20-12-9-10-14-22(20)30-17(2)27/h9-10,12,14,16H,3-8,11,13,15H2,1-2H3,(H,25,28). The third-order valence-corrected chi connectivity index (χ3v) is 5.47. The van der Waals surface area contributed by atoms with Gasteiger partial charge in [0, 0.05) is 19.2 Å². The molecule has 0 saturated carbocycles. The van der Waals surface area contributed by atoms with Gasteiger partial charge in [0.1, 0.15) is 5.56 Å². The van der Waals surface area contributed by atoms with Gasteiger partial charge in [-0.15, -0.1) is 0 Å². The van der Waals surface area contributed by atoms with Crippen molar-refractivity contribution in [2.45, 2.75) is 71.8 Å². The summed E-state index contributed by atoms with van der Waals surface area (Å²) in [5, 5.41) is 2.76. The van der Waals surface area contributed by atoms with Crippen molar-refractivity contribution in [3.63, 3.8) is 0 Å². The van der Waals surface area contributed by atoms with E-state index < -0.39 is 11.9 Å². The first-order valence-electron chi connectivity index (χ1n) is 10.9. The van der Waals surface area contributed by atoms with Crippen molar-refractivity contribution in [3.8, 4) is 5.75 Å². The summed E-state index contributed by atoms with van der Waals surface area (Å²) in [5.74, 6) is -0.690. The molecule has 3 rings (SSSR count). The monoisotopic (exact) mass is 410 g/mol. The molecule has 0 fully saturated rings. The van der Waals surface area contributed by atoms with E-state index in [0.29, 0.717) is 12.2 Å². The summed E-state index contributed by atoms with van der Waals surface area (Å²) in [6, 6.07) is 8.49. The molecule has 0 saturated heterocycles. The number of hydrogen-bond acceptors (Lipinski definition) is 4. The van der Waals surface area contributed by atoms with E-state index in [1.165, 1.54) is 19.8 Å². The molecule has 1 aliphatic carbocycles. The Balaban J connectivity index is 1.99. The first-order chi connectivity index (χ1) is 14.5. The average Bonchev–Trinajstić information content (AvgIpc) is 2.69. The summed E-state index contributed by atoms with van der Waals surface area (Å²) in [5.41, 5.74) is 2.45. The number of aryl methyl sites for hydroxylation is 1. The van der Waals surface area contributed by atoms with Gasteiger partial charge in [-0.1, -0.05) is 38.3 Å². The molecular formula is C24H30N2O4. The fourth-order valence-corrected chi connectivity index (χ4v) is 3.95. The van der Waals surface area contributed by atoms with Crippen LogP contribution >= 0.6 is 0 Å². The van der Waals surface area contributed by atoms with Crippen LogP contribution in [0.25, 0.3) is 0 Å². The lowest BCUT2D eigenvalue weighted by Crippen LogP contribution is -2.33. The highest BCUT2D eigenvalue weighted by molar-refractivity contribution is 6.05. The average molecular weight is 411 g/mol. The quantitative estimate of drug-likeness (QED) is 0.562. The minimum atomic E-state index is -0.477. The molecule has 0 unspecified atom stereocenters. The van der Waals surface area contributed by atoms with Gasteiger partial charge in [0.05, 0.1) is 5.69 Å². The largest absolute Gasteiger partial charge is 0.424 e. The van der Waals surface area contributed by atoms with Crippen molar-refractivity contribution >= 4 is 17.6 Å². The van der Waals surface area contributed by atoms with Gasteiger partial charge in [0.2, 0.25) is 0 Å². The summed E-state index contributed by atoms with van der Waals surface area (Å²) in [4.78, 5) is 37.7. The van der Waals surface area contributed by atoms with Crippen LogP contribution in [0, 0.1) is 0 Å². The van der Waals surface area contributed by atoms with Gasteiger partial charge in [0.25, 0.3) is 11.5 Å². The molecule has 0 aliphatic heterocycles. The Morgan fingerprint density at radius 2 is 1.83 bits per heavy atom. The molecule has 0 atom stereocenters. The Morgan fingerprint density at radius 1 is 1.10 bits per heavy atom. The Labute approximate surface area is 177 Å². The number of carbonyl (C=O) groups is 2. The number of nitrogens with zero attached hydrogens (tertiary/aromatic N) is 1. The van der Waals surface area contributed by atoms with E-state index in [1.807, 2.05) is 4.57 Å². The van der Waals surface area contributed by atoms with E-state index in [0.717, 1.165) is 49.8 Å². The minimum Gasteiger partial charge on any atom is -0.424 e. The first-order valence-corrected chi connectivity index (χ1v) is 10.9. The van der Waals surface area contributed by atoms with E-state index in [1.54, 1.807) is 30.3 Å². The smallest absolute Gasteiger partial charge is 0.308 e. The van der Waals surface area contributed by atoms with Gasteiger partial charge >= 0.3 is 5.97 Å². The number of pyridine rings is 1. The SMILES string of the molecule is CCCCn1c2c(cc(C(=O)Nc3ccccc3OC(C)=O)c1=O)CCCCCC2.